The Hall–Kier alpha value is -3.34. The topological polar surface area (TPSA) is 57.5 Å². The van der Waals surface area contributed by atoms with Gasteiger partial charge in [0.15, 0.2) is 0 Å². The van der Waals surface area contributed by atoms with Crippen molar-refractivity contribution in [3.63, 3.8) is 0 Å². The van der Waals surface area contributed by atoms with E-state index in [2.05, 4.69) is 0 Å². The quantitative estimate of drug-likeness (QED) is 0.663. The van der Waals surface area contributed by atoms with Gasteiger partial charge in [0, 0.05) is 12.3 Å². The third kappa shape index (κ3) is 3.83. The van der Waals surface area contributed by atoms with Crippen LogP contribution in [0.1, 0.15) is 15.9 Å². The molecule has 0 atom stereocenters. The van der Waals surface area contributed by atoms with Gasteiger partial charge in [0.05, 0.1) is 26.3 Å². The maximum atomic E-state index is 12.2. The summed E-state index contributed by atoms with van der Waals surface area (Å²) in [7, 11) is 2.97. The van der Waals surface area contributed by atoms with Crippen molar-refractivity contribution >= 4 is 5.97 Å². The first-order valence-corrected chi connectivity index (χ1v) is 8.13. The molecule has 0 unspecified atom stereocenters. The average molecular weight is 349 g/mol. The summed E-state index contributed by atoms with van der Waals surface area (Å²) in [5.74, 6) is 0.406. The molecule has 0 radical (unpaired) electrons. The number of rotatable bonds is 5. The number of benzene rings is 2. The molecule has 0 aliphatic carbocycles. The van der Waals surface area contributed by atoms with Gasteiger partial charge in [-0.25, -0.2) is 4.79 Å². The molecule has 132 valence electrons. The van der Waals surface area contributed by atoms with E-state index in [0.29, 0.717) is 12.1 Å². The van der Waals surface area contributed by atoms with Crippen LogP contribution in [0.4, 0.5) is 0 Å². The van der Waals surface area contributed by atoms with Crippen LogP contribution in [0.15, 0.2) is 71.7 Å². The second-order valence-electron chi connectivity index (χ2n) is 5.80. The Morgan fingerprint density at radius 1 is 0.885 bits per heavy atom. The summed E-state index contributed by atoms with van der Waals surface area (Å²) < 4.78 is 11.5. The maximum Gasteiger partial charge on any atom is 0.337 e. The van der Waals surface area contributed by atoms with Gasteiger partial charge < -0.3 is 14.0 Å². The highest BCUT2D eigenvalue weighted by Gasteiger charge is 2.06. The molecule has 3 rings (SSSR count). The van der Waals surface area contributed by atoms with Crippen LogP contribution in [0, 0.1) is 0 Å². The molecular weight excluding hydrogens is 330 g/mol. The maximum absolute atomic E-state index is 12.2. The largest absolute Gasteiger partial charge is 0.497 e. The zero-order chi connectivity index (χ0) is 18.5. The normalized spacial score (nSPS) is 10.4. The van der Waals surface area contributed by atoms with Gasteiger partial charge in [-0.3, -0.25) is 4.79 Å². The van der Waals surface area contributed by atoms with Crippen LogP contribution in [-0.4, -0.2) is 24.8 Å². The molecule has 1 aromatic heterocycles. The fourth-order valence-corrected chi connectivity index (χ4v) is 2.67. The van der Waals surface area contributed by atoms with Crippen molar-refractivity contribution < 1.29 is 14.3 Å². The van der Waals surface area contributed by atoms with E-state index >= 15 is 0 Å². The Bertz CT molecular complexity index is 957. The van der Waals surface area contributed by atoms with Crippen molar-refractivity contribution in [2.24, 2.45) is 0 Å². The average Bonchev–Trinajstić information content (AvgIpc) is 2.69. The number of ether oxygens (including phenoxy) is 2. The van der Waals surface area contributed by atoms with Crippen molar-refractivity contribution in [2.45, 2.75) is 6.54 Å². The predicted octanol–water partition coefficient (Wildman–Crippen LogP) is 3.36. The highest BCUT2D eigenvalue weighted by molar-refractivity contribution is 5.89. The van der Waals surface area contributed by atoms with E-state index in [4.69, 9.17) is 9.47 Å². The Morgan fingerprint density at radius 3 is 2.15 bits per heavy atom. The van der Waals surface area contributed by atoms with E-state index in [1.54, 1.807) is 35.9 Å². The second kappa shape index (κ2) is 7.70. The molecule has 0 saturated carbocycles. The highest BCUT2D eigenvalue weighted by Crippen LogP contribution is 2.21. The minimum atomic E-state index is -0.379. The first kappa shape index (κ1) is 17.5. The Kier molecular flexibility index (Phi) is 5.17. The van der Waals surface area contributed by atoms with Crippen molar-refractivity contribution in [1.29, 1.82) is 0 Å². The van der Waals surface area contributed by atoms with Crippen LogP contribution >= 0.6 is 0 Å². The van der Waals surface area contributed by atoms with Gasteiger partial charge in [-0.15, -0.1) is 0 Å². The van der Waals surface area contributed by atoms with Gasteiger partial charge >= 0.3 is 5.97 Å². The number of methoxy groups -OCH3 is 2. The number of nitrogens with zero attached hydrogens (tertiary/aromatic N) is 1. The van der Waals surface area contributed by atoms with E-state index in [9.17, 15) is 9.59 Å². The summed E-state index contributed by atoms with van der Waals surface area (Å²) >= 11 is 0. The molecule has 0 amide bonds. The van der Waals surface area contributed by atoms with Crippen molar-refractivity contribution in [3.05, 3.63) is 88.3 Å². The molecule has 1 heterocycles. The van der Waals surface area contributed by atoms with Gasteiger partial charge in [0.2, 0.25) is 0 Å². The van der Waals surface area contributed by atoms with E-state index < -0.39 is 0 Å². The molecule has 0 aliphatic heterocycles. The molecule has 26 heavy (non-hydrogen) atoms. The lowest BCUT2D eigenvalue weighted by Gasteiger charge is -2.10. The standard InChI is InChI=1S/C21H19NO4/c1-25-19-10-7-16(8-11-19)18-9-12-20(23)22(14-18)13-15-3-5-17(6-4-15)21(24)26-2/h3-12,14H,13H2,1-2H3. The lowest BCUT2D eigenvalue weighted by atomic mass is 10.1. The van der Waals surface area contributed by atoms with Crippen LogP contribution < -0.4 is 10.3 Å². The number of hydrogen-bond donors (Lipinski definition) is 0. The van der Waals surface area contributed by atoms with Crippen LogP contribution in [0.2, 0.25) is 0 Å². The number of hydrogen-bond acceptors (Lipinski definition) is 4. The number of carbonyl (C=O) groups is 1. The lowest BCUT2D eigenvalue weighted by Crippen LogP contribution is -2.19. The monoisotopic (exact) mass is 349 g/mol. The molecule has 0 fully saturated rings. The summed E-state index contributed by atoms with van der Waals surface area (Å²) in [6.45, 7) is 0.421. The first-order chi connectivity index (χ1) is 12.6. The third-order valence-electron chi connectivity index (χ3n) is 4.13. The third-order valence-corrected chi connectivity index (χ3v) is 4.13. The molecule has 3 aromatic rings. The number of esters is 1. The smallest absolute Gasteiger partial charge is 0.337 e. The molecule has 5 heteroatoms. The summed E-state index contributed by atoms with van der Waals surface area (Å²) in [6.07, 6.45) is 1.83. The molecule has 0 N–H and O–H groups in total. The highest BCUT2D eigenvalue weighted by atomic mass is 16.5. The molecule has 0 bridgehead atoms. The van der Waals surface area contributed by atoms with Crippen LogP contribution in [0.5, 0.6) is 5.75 Å². The van der Waals surface area contributed by atoms with Gasteiger partial charge in [-0.1, -0.05) is 24.3 Å². The number of pyridine rings is 1. The minimum Gasteiger partial charge on any atom is -0.497 e. The van der Waals surface area contributed by atoms with Gasteiger partial charge in [0.25, 0.3) is 5.56 Å². The number of carbonyl (C=O) groups excluding carboxylic acids is 1. The van der Waals surface area contributed by atoms with Crippen LogP contribution in [0.25, 0.3) is 11.1 Å². The number of aromatic nitrogens is 1. The van der Waals surface area contributed by atoms with Crippen molar-refractivity contribution in [2.75, 3.05) is 14.2 Å². The van der Waals surface area contributed by atoms with E-state index in [-0.39, 0.29) is 11.5 Å². The van der Waals surface area contributed by atoms with Gasteiger partial charge in [-0.2, -0.15) is 0 Å². The molecule has 5 nitrogen and oxygen atoms in total. The zero-order valence-electron chi connectivity index (χ0n) is 14.6. The molecule has 0 spiro atoms. The van der Waals surface area contributed by atoms with Crippen molar-refractivity contribution in [3.8, 4) is 16.9 Å². The predicted molar refractivity (Wildman–Crippen MR) is 99.6 cm³/mol. The molecule has 2 aromatic carbocycles. The summed E-state index contributed by atoms with van der Waals surface area (Å²) in [5, 5.41) is 0. The zero-order valence-corrected chi connectivity index (χ0v) is 14.6. The fraction of sp³-hybridized carbons (Fsp3) is 0.143. The fourth-order valence-electron chi connectivity index (χ4n) is 2.67. The van der Waals surface area contributed by atoms with Gasteiger partial charge in [0.1, 0.15) is 5.75 Å². The van der Waals surface area contributed by atoms with E-state index in [0.717, 1.165) is 22.4 Å². The molecule has 0 aliphatic rings. The summed E-state index contributed by atoms with van der Waals surface area (Å²) in [5.41, 5.74) is 3.26. The van der Waals surface area contributed by atoms with E-state index in [1.807, 2.05) is 42.6 Å². The molecule has 0 saturated heterocycles. The second-order valence-corrected chi connectivity index (χ2v) is 5.80. The van der Waals surface area contributed by atoms with E-state index in [1.165, 1.54) is 7.11 Å². The Morgan fingerprint density at radius 2 is 1.54 bits per heavy atom. The van der Waals surface area contributed by atoms with Gasteiger partial charge in [-0.05, 0) is 47.0 Å². The summed E-state index contributed by atoms with van der Waals surface area (Å²) in [6, 6.07) is 18.1. The molecular formula is C21H19NO4. The minimum absolute atomic E-state index is 0.0840. The Balaban J connectivity index is 1.85. The van der Waals surface area contributed by atoms with Crippen LogP contribution in [-0.2, 0) is 11.3 Å². The summed E-state index contributed by atoms with van der Waals surface area (Å²) in [4.78, 5) is 23.7. The van der Waals surface area contributed by atoms with Crippen LogP contribution in [0.3, 0.4) is 0 Å². The Labute approximate surface area is 151 Å². The lowest BCUT2D eigenvalue weighted by molar-refractivity contribution is 0.0600. The van der Waals surface area contributed by atoms with Crippen molar-refractivity contribution in [1.82, 2.24) is 4.57 Å². The first-order valence-electron chi connectivity index (χ1n) is 8.13. The SMILES string of the molecule is COC(=O)c1ccc(Cn2cc(-c3ccc(OC)cc3)ccc2=O)cc1.